The minimum absolute atomic E-state index is 0.232. The highest BCUT2D eigenvalue weighted by atomic mass is 35.5. The van der Waals surface area contributed by atoms with Crippen LogP contribution >= 0.6 is 11.6 Å². The molecule has 1 aromatic rings. The first kappa shape index (κ1) is 12.6. The van der Waals surface area contributed by atoms with Gasteiger partial charge in [0.1, 0.15) is 17.3 Å². The molecule has 4 nitrogen and oxygen atoms in total. The van der Waals surface area contributed by atoms with Gasteiger partial charge in [0.15, 0.2) is 0 Å². The summed E-state index contributed by atoms with van der Waals surface area (Å²) in [4.78, 5) is 10.7. The van der Waals surface area contributed by atoms with Crippen LogP contribution < -0.4 is 4.90 Å². The molecule has 0 amide bonds. The highest BCUT2D eigenvalue weighted by Crippen LogP contribution is 2.25. The fourth-order valence-corrected chi connectivity index (χ4v) is 2.41. The van der Waals surface area contributed by atoms with E-state index in [9.17, 15) is 0 Å². The lowest BCUT2D eigenvalue weighted by molar-refractivity contribution is 0.0820. The minimum Gasteiger partial charge on any atom is -0.377 e. The number of ether oxygens (including phenoxy) is 1. The second-order valence-corrected chi connectivity index (χ2v) is 4.66. The van der Waals surface area contributed by atoms with Crippen molar-refractivity contribution in [3.63, 3.8) is 0 Å². The van der Waals surface area contributed by atoms with Crippen LogP contribution in [-0.2, 0) is 11.2 Å². The lowest BCUT2D eigenvalue weighted by Crippen LogP contribution is -2.31. The fraction of sp³-hybridized carbons (Fsp3) is 0.667. The van der Waals surface area contributed by atoms with E-state index in [-0.39, 0.29) is 6.10 Å². The molecule has 1 aromatic heterocycles. The molecule has 1 fully saturated rings. The second kappa shape index (κ2) is 5.65. The summed E-state index contributed by atoms with van der Waals surface area (Å²) < 4.78 is 5.64. The largest absolute Gasteiger partial charge is 0.377 e. The number of anilines is 1. The molecule has 2 rings (SSSR count). The van der Waals surface area contributed by atoms with Gasteiger partial charge in [0.05, 0.1) is 6.10 Å². The van der Waals surface area contributed by atoms with E-state index in [1.54, 1.807) is 0 Å². The van der Waals surface area contributed by atoms with Crippen molar-refractivity contribution in [3.05, 3.63) is 17.0 Å². The van der Waals surface area contributed by atoms with Gasteiger partial charge in [-0.3, -0.25) is 0 Å². The summed E-state index contributed by atoms with van der Waals surface area (Å²) in [5.41, 5.74) is 1.03. The van der Waals surface area contributed by atoms with E-state index >= 15 is 0 Å². The quantitative estimate of drug-likeness (QED) is 0.760. The topological polar surface area (TPSA) is 38.2 Å². The van der Waals surface area contributed by atoms with E-state index in [0.717, 1.165) is 43.9 Å². The Hall–Kier alpha value is -0.870. The third-order valence-electron chi connectivity index (χ3n) is 2.98. The smallest absolute Gasteiger partial charge is 0.137 e. The van der Waals surface area contributed by atoms with Gasteiger partial charge in [-0.05, 0) is 19.8 Å². The Balaban J connectivity index is 2.28. The summed E-state index contributed by atoms with van der Waals surface area (Å²) in [6.45, 7) is 6.81. The molecule has 0 spiro atoms. The summed E-state index contributed by atoms with van der Waals surface area (Å²) in [7, 11) is 0. The van der Waals surface area contributed by atoms with Gasteiger partial charge >= 0.3 is 0 Å². The average molecular weight is 256 g/mol. The van der Waals surface area contributed by atoms with Crippen molar-refractivity contribution in [1.29, 1.82) is 0 Å². The maximum atomic E-state index is 6.12. The Labute approximate surface area is 107 Å². The number of rotatable bonds is 2. The zero-order valence-corrected chi connectivity index (χ0v) is 11.1. The van der Waals surface area contributed by atoms with Gasteiger partial charge in [0.2, 0.25) is 0 Å². The first-order valence-corrected chi connectivity index (χ1v) is 6.46. The first-order chi connectivity index (χ1) is 8.22. The van der Waals surface area contributed by atoms with Gasteiger partial charge < -0.3 is 9.64 Å². The van der Waals surface area contributed by atoms with Crippen LogP contribution in [0.2, 0.25) is 5.15 Å². The Kier molecular flexibility index (Phi) is 4.18. The van der Waals surface area contributed by atoms with Crippen molar-refractivity contribution in [2.75, 3.05) is 24.6 Å². The number of nitrogens with zero attached hydrogens (tertiary/aromatic N) is 3. The molecule has 0 N–H and O–H groups in total. The van der Waals surface area contributed by atoms with Gasteiger partial charge in [-0.15, -0.1) is 0 Å². The van der Waals surface area contributed by atoms with Crippen LogP contribution in [0.4, 0.5) is 5.82 Å². The van der Waals surface area contributed by atoms with Crippen LogP contribution in [-0.4, -0.2) is 35.8 Å². The molecule has 0 aromatic carbocycles. The van der Waals surface area contributed by atoms with E-state index < -0.39 is 0 Å². The monoisotopic (exact) mass is 255 g/mol. The molecule has 0 saturated carbocycles. The van der Waals surface area contributed by atoms with E-state index in [4.69, 9.17) is 16.3 Å². The molecule has 5 heteroatoms. The summed E-state index contributed by atoms with van der Waals surface area (Å²) in [6, 6.07) is 0. The van der Waals surface area contributed by atoms with Crippen LogP contribution in [0.15, 0.2) is 6.33 Å². The zero-order chi connectivity index (χ0) is 12.3. The third-order valence-corrected chi connectivity index (χ3v) is 3.30. The summed E-state index contributed by atoms with van der Waals surface area (Å²) >= 11 is 6.12. The molecular formula is C12H18ClN3O. The number of aromatic nitrogens is 2. The SMILES string of the molecule is CCc1c(Cl)ncnc1N1CCCOC(C)C1. The summed E-state index contributed by atoms with van der Waals surface area (Å²) in [5.74, 6) is 0.963. The van der Waals surface area contributed by atoms with Crippen molar-refractivity contribution >= 4 is 17.4 Å². The van der Waals surface area contributed by atoms with E-state index in [1.807, 2.05) is 0 Å². The molecular weight excluding hydrogens is 238 g/mol. The van der Waals surface area contributed by atoms with Crippen LogP contribution in [0.5, 0.6) is 0 Å². The van der Waals surface area contributed by atoms with Crippen molar-refractivity contribution in [3.8, 4) is 0 Å². The minimum atomic E-state index is 0.232. The lowest BCUT2D eigenvalue weighted by atomic mass is 10.2. The highest BCUT2D eigenvalue weighted by molar-refractivity contribution is 6.30. The molecule has 94 valence electrons. The average Bonchev–Trinajstić information content (AvgIpc) is 2.53. The van der Waals surface area contributed by atoms with Crippen LogP contribution in [0, 0.1) is 0 Å². The standard InChI is InChI=1S/C12H18ClN3O/c1-3-10-11(13)14-8-15-12(10)16-5-4-6-17-9(2)7-16/h8-9H,3-7H2,1-2H3. The Morgan fingerprint density at radius 1 is 1.53 bits per heavy atom. The van der Waals surface area contributed by atoms with Crippen LogP contribution in [0.1, 0.15) is 25.8 Å². The van der Waals surface area contributed by atoms with Gasteiger partial charge in [-0.1, -0.05) is 18.5 Å². The third kappa shape index (κ3) is 2.87. The molecule has 1 atom stereocenters. The summed E-state index contributed by atoms with van der Waals surface area (Å²) in [6.07, 6.45) is 3.64. The molecule has 17 heavy (non-hydrogen) atoms. The normalized spacial score (nSPS) is 21.4. The maximum absolute atomic E-state index is 6.12. The molecule has 1 aliphatic heterocycles. The Morgan fingerprint density at radius 2 is 2.35 bits per heavy atom. The second-order valence-electron chi connectivity index (χ2n) is 4.30. The van der Waals surface area contributed by atoms with E-state index in [0.29, 0.717) is 5.15 Å². The molecule has 0 bridgehead atoms. The van der Waals surface area contributed by atoms with E-state index in [2.05, 4.69) is 28.7 Å². The maximum Gasteiger partial charge on any atom is 0.137 e. The number of hydrogen-bond donors (Lipinski definition) is 0. The van der Waals surface area contributed by atoms with Crippen molar-refractivity contribution in [2.24, 2.45) is 0 Å². The van der Waals surface area contributed by atoms with Crippen LogP contribution in [0.25, 0.3) is 0 Å². The van der Waals surface area contributed by atoms with Crippen molar-refractivity contribution < 1.29 is 4.74 Å². The van der Waals surface area contributed by atoms with Crippen molar-refractivity contribution in [1.82, 2.24) is 9.97 Å². The van der Waals surface area contributed by atoms with Gasteiger partial charge in [-0.2, -0.15) is 0 Å². The Morgan fingerprint density at radius 3 is 3.12 bits per heavy atom. The molecule has 2 heterocycles. The molecule has 0 radical (unpaired) electrons. The van der Waals surface area contributed by atoms with Gasteiger partial charge in [-0.25, -0.2) is 9.97 Å². The predicted molar refractivity (Wildman–Crippen MR) is 68.7 cm³/mol. The highest BCUT2D eigenvalue weighted by Gasteiger charge is 2.19. The lowest BCUT2D eigenvalue weighted by Gasteiger charge is -2.25. The number of halogens is 1. The fourth-order valence-electron chi connectivity index (χ4n) is 2.15. The van der Waals surface area contributed by atoms with Gasteiger partial charge in [0.25, 0.3) is 0 Å². The Bertz CT molecular complexity index is 386. The number of hydrogen-bond acceptors (Lipinski definition) is 4. The zero-order valence-electron chi connectivity index (χ0n) is 10.3. The molecule has 1 saturated heterocycles. The summed E-state index contributed by atoms with van der Waals surface area (Å²) in [5, 5.41) is 0.565. The van der Waals surface area contributed by atoms with Crippen LogP contribution in [0.3, 0.4) is 0 Å². The van der Waals surface area contributed by atoms with Gasteiger partial charge in [0, 0.05) is 25.3 Å². The molecule has 1 unspecified atom stereocenters. The molecule has 0 aliphatic carbocycles. The molecule has 1 aliphatic rings. The van der Waals surface area contributed by atoms with E-state index in [1.165, 1.54) is 6.33 Å². The predicted octanol–water partition coefficient (Wildman–Crippen LogP) is 2.31. The first-order valence-electron chi connectivity index (χ1n) is 6.08. The van der Waals surface area contributed by atoms with Crippen molar-refractivity contribution in [2.45, 2.75) is 32.8 Å².